The second kappa shape index (κ2) is 6.91. The molecule has 0 radical (unpaired) electrons. The van der Waals surface area contributed by atoms with Crippen LogP contribution in [0.3, 0.4) is 0 Å². The zero-order valence-electron chi connectivity index (χ0n) is 15.7. The molecule has 0 bridgehead atoms. The number of carbonyl (C=O) groups excluding carboxylic acids is 2. The zero-order chi connectivity index (χ0) is 19.8. The predicted molar refractivity (Wildman–Crippen MR) is 101 cm³/mol. The van der Waals surface area contributed by atoms with Crippen LogP contribution in [0.4, 0.5) is 5.82 Å². The van der Waals surface area contributed by atoms with Crippen molar-refractivity contribution in [3.63, 3.8) is 0 Å². The van der Waals surface area contributed by atoms with Crippen LogP contribution < -0.4 is 14.8 Å². The van der Waals surface area contributed by atoms with E-state index < -0.39 is 0 Å². The van der Waals surface area contributed by atoms with Gasteiger partial charge in [0.05, 0.1) is 31.6 Å². The summed E-state index contributed by atoms with van der Waals surface area (Å²) in [4.78, 5) is 35.6. The Labute approximate surface area is 160 Å². The van der Waals surface area contributed by atoms with Gasteiger partial charge in [-0.1, -0.05) is 0 Å². The van der Waals surface area contributed by atoms with Crippen LogP contribution in [0, 0.1) is 11.8 Å². The maximum absolute atomic E-state index is 12.2. The van der Waals surface area contributed by atoms with Crippen LogP contribution in [0.1, 0.15) is 6.42 Å². The molecule has 9 nitrogen and oxygen atoms in total. The number of hydrogen-bond donors (Lipinski definition) is 1. The van der Waals surface area contributed by atoms with Gasteiger partial charge in [-0.05, 0) is 18.6 Å². The monoisotopic (exact) mass is 381 g/mol. The van der Waals surface area contributed by atoms with Crippen LogP contribution in [-0.4, -0.2) is 45.9 Å². The Balaban J connectivity index is 1.72. The van der Waals surface area contributed by atoms with E-state index in [2.05, 4.69) is 20.3 Å². The largest absolute Gasteiger partial charge is 0.480 e. The summed E-state index contributed by atoms with van der Waals surface area (Å²) in [5.74, 6) is 0.622. The lowest BCUT2D eigenvalue weighted by molar-refractivity contribution is -0.119. The number of anilines is 1. The lowest BCUT2D eigenvalue weighted by Gasteiger charge is -2.11. The minimum Gasteiger partial charge on any atom is -0.480 e. The molecule has 1 aliphatic rings. The van der Waals surface area contributed by atoms with Crippen LogP contribution in [0.2, 0.25) is 0 Å². The molecule has 3 aromatic heterocycles. The molecule has 0 unspecified atom stereocenters. The number of ether oxygens (including phenoxy) is 2. The van der Waals surface area contributed by atoms with Crippen LogP contribution in [-0.2, 0) is 16.6 Å². The van der Waals surface area contributed by atoms with Gasteiger partial charge in [-0.15, -0.1) is 0 Å². The SMILES string of the molecule is COc1ncnc(OC)c1-c1cc2cc(NC(=O)[C@H]3C[C@@H]3C=O)ncc2n1C. The number of nitrogens with one attached hydrogen (secondary N) is 1. The summed E-state index contributed by atoms with van der Waals surface area (Å²) in [5.41, 5.74) is 2.28. The molecule has 1 fully saturated rings. The number of nitrogens with zero attached hydrogens (tertiary/aromatic N) is 4. The Morgan fingerprint density at radius 3 is 2.54 bits per heavy atom. The lowest BCUT2D eigenvalue weighted by Crippen LogP contribution is -2.15. The number of pyridine rings is 1. The maximum atomic E-state index is 12.2. The molecule has 9 heteroatoms. The highest BCUT2D eigenvalue weighted by Gasteiger charge is 2.42. The number of carbonyl (C=O) groups is 2. The van der Waals surface area contributed by atoms with Gasteiger partial charge < -0.3 is 24.2 Å². The molecule has 3 heterocycles. The summed E-state index contributed by atoms with van der Waals surface area (Å²) >= 11 is 0. The fraction of sp³-hybridized carbons (Fsp3) is 0.316. The standard InChI is InChI=1S/C19H19N5O4/c1-24-13(16-18(27-2)21-9-22-19(16)28-3)5-10-6-15(20-7-14(10)24)23-17(26)12-4-11(12)8-25/h5-9,11-12H,4H2,1-3H3,(H,20,23,26)/t11-,12+/m1/s1. The first kappa shape index (κ1) is 17.9. The molecule has 1 amide bonds. The molecule has 4 rings (SSSR count). The van der Waals surface area contributed by atoms with E-state index in [-0.39, 0.29) is 17.7 Å². The van der Waals surface area contributed by atoms with Crippen molar-refractivity contribution in [1.29, 1.82) is 0 Å². The first-order chi connectivity index (χ1) is 13.6. The van der Waals surface area contributed by atoms with Gasteiger partial charge >= 0.3 is 0 Å². The minimum absolute atomic E-state index is 0.176. The quantitative estimate of drug-likeness (QED) is 0.649. The van der Waals surface area contributed by atoms with Crippen molar-refractivity contribution in [2.24, 2.45) is 18.9 Å². The first-order valence-corrected chi connectivity index (χ1v) is 8.72. The normalized spacial score (nSPS) is 18.0. The second-order valence-electron chi connectivity index (χ2n) is 6.62. The molecule has 0 aromatic carbocycles. The fourth-order valence-corrected chi connectivity index (χ4v) is 3.31. The van der Waals surface area contributed by atoms with Crippen LogP contribution in [0.25, 0.3) is 22.2 Å². The molecule has 1 saturated carbocycles. The minimum atomic E-state index is -0.253. The van der Waals surface area contributed by atoms with Crippen LogP contribution in [0.15, 0.2) is 24.7 Å². The number of aromatic nitrogens is 4. The van der Waals surface area contributed by atoms with E-state index in [4.69, 9.17) is 9.47 Å². The molecule has 3 aromatic rings. The summed E-state index contributed by atoms with van der Waals surface area (Å²) in [7, 11) is 4.96. The summed E-state index contributed by atoms with van der Waals surface area (Å²) in [6.07, 6.45) is 4.48. The molecule has 1 N–H and O–H groups in total. The summed E-state index contributed by atoms with van der Waals surface area (Å²) in [6.45, 7) is 0. The topological polar surface area (TPSA) is 108 Å². The number of aryl methyl sites for hydroxylation is 1. The third kappa shape index (κ3) is 2.94. The highest BCUT2D eigenvalue weighted by atomic mass is 16.5. The van der Waals surface area contributed by atoms with E-state index >= 15 is 0 Å². The summed E-state index contributed by atoms with van der Waals surface area (Å²) in [6, 6.07) is 3.72. The van der Waals surface area contributed by atoms with Crippen molar-refractivity contribution in [1.82, 2.24) is 19.5 Å². The number of amides is 1. The van der Waals surface area contributed by atoms with Crippen LogP contribution >= 0.6 is 0 Å². The van der Waals surface area contributed by atoms with Gasteiger partial charge in [-0.2, -0.15) is 0 Å². The van der Waals surface area contributed by atoms with Crippen molar-refractivity contribution in [3.8, 4) is 23.0 Å². The number of rotatable bonds is 6. The fourth-order valence-electron chi connectivity index (χ4n) is 3.31. The van der Waals surface area contributed by atoms with Crippen LogP contribution in [0.5, 0.6) is 11.8 Å². The predicted octanol–water partition coefficient (Wildman–Crippen LogP) is 1.82. The van der Waals surface area contributed by atoms with E-state index in [0.29, 0.717) is 29.6 Å². The zero-order valence-corrected chi connectivity index (χ0v) is 15.7. The van der Waals surface area contributed by atoms with Gasteiger partial charge in [-0.25, -0.2) is 15.0 Å². The van der Waals surface area contributed by atoms with E-state index in [1.165, 1.54) is 20.5 Å². The molecule has 0 spiro atoms. The van der Waals surface area contributed by atoms with Crippen molar-refractivity contribution in [3.05, 3.63) is 24.7 Å². The highest BCUT2D eigenvalue weighted by Crippen LogP contribution is 2.39. The Kier molecular flexibility index (Phi) is 4.42. The van der Waals surface area contributed by atoms with Gasteiger partial charge in [0, 0.05) is 24.3 Å². The molecule has 144 valence electrons. The Morgan fingerprint density at radius 2 is 1.93 bits per heavy atom. The number of fused-ring (bicyclic) bond motifs is 1. The van der Waals surface area contributed by atoms with Gasteiger partial charge in [0.15, 0.2) is 0 Å². The Bertz CT molecular complexity index is 1060. The van der Waals surface area contributed by atoms with Crippen molar-refractivity contribution in [2.75, 3.05) is 19.5 Å². The molecule has 0 aliphatic heterocycles. The van der Waals surface area contributed by atoms with Crippen molar-refractivity contribution in [2.45, 2.75) is 6.42 Å². The van der Waals surface area contributed by atoms with Gasteiger partial charge in [-0.3, -0.25) is 4.79 Å². The average Bonchev–Trinajstić information content (AvgIpc) is 3.45. The highest BCUT2D eigenvalue weighted by molar-refractivity contribution is 5.98. The Hall–Kier alpha value is -3.49. The number of aldehydes is 1. The summed E-state index contributed by atoms with van der Waals surface area (Å²) in [5, 5.41) is 3.66. The third-order valence-electron chi connectivity index (χ3n) is 4.95. The van der Waals surface area contributed by atoms with E-state index in [0.717, 1.165) is 22.9 Å². The Morgan fingerprint density at radius 1 is 1.21 bits per heavy atom. The van der Waals surface area contributed by atoms with E-state index in [1.54, 1.807) is 12.3 Å². The smallest absolute Gasteiger partial charge is 0.229 e. The van der Waals surface area contributed by atoms with Gasteiger partial charge in [0.1, 0.15) is 24.0 Å². The average molecular weight is 381 g/mol. The lowest BCUT2D eigenvalue weighted by atomic mass is 10.2. The number of hydrogen-bond acceptors (Lipinski definition) is 7. The molecule has 28 heavy (non-hydrogen) atoms. The van der Waals surface area contributed by atoms with Gasteiger partial charge in [0.2, 0.25) is 17.7 Å². The van der Waals surface area contributed by atoms with E-state index in [1.807, 2.05) is 17.7 Å². The molecule has 1 aliphatic carbocycles. The van der Waals surface area contributed by atoms with Gasteiger partial charge in [0.25, 0.3) is 0 Å². The molecule has 2 atom stereocenters. The molecule has 0 saturated heterocycles. The third-order valence-corrected chi connectivity index (χ3v) is 4.95. The molecular weight excluding hydrogens is 362 g/mol. The maximum Gasteiger partial charge on any atom is 0.229 e. The molecular formula is C19H19N5O4. The number of methoxy groups -OCH3 is 2. The summed E-state index contributed by atoms with van der Waals surface area (Å²) < 4.78 is 12.7. The second-order valence-corrected chi connectivity index (χ2v) is 6.62. The first-order valence-electron chi connectivity index (χ1n) is 8.72. The van der Waals surface area contributed by atoms with E-state index in [9.17, 15) is 9.59 Å². The van der Waals surface area contributed by atoms with Crippen molar-refractivity contribution < 1.29 is 19.1 Å². The van der Waals surface area contributed by atoms with Crippen molar-refractivity contribution >= 4 is 28.9 Å².